The van der Waals surface area contributed by atoms with Gasteiger partial charge in [-0.05, 0) is 44.0 Å². The predicted octanol–water partition coefficient (Wildman–Crippen LogP) is 4.68. The average Bonchev–Trinajstić information content (AvgIpc) is 2.61. The average molecular weight is 368 g/mol. The van der Waals surface area contributed by atoms with E-state index in [9.17, 15) is 13.6 Å². The number of carbonyl (C=O) groups excluding carboxylic acids is 1. The van der Waals surface area contributed by atoms with E-state index in [-0.39, 0.29) is 17.2 Å². The van der Waals surface area contributed by atoms with E-state index in [1.54, 1.807) is 0 Å². The first-order chi connectivity index (χ1) is 12.8. The summed E-state index contributed by atoms with van der Waals surface area (Å²) in [5.41, 5.74) is 3.96. The molecule has 0 saturated heterocycles. The Kier molecular flexibility index (Phi) is 5.12. The molecule has 0 fully saturated rings. The summed E-state index contributed by atoms with van der Waals surface area (Å²) in [6.45, 7) is 5.84. The van der Waals surface area contributed by atoms with E-state index >= 15 is 0 Å². The number of hydrogen-bond acceptors (Lipinski definition) is 4. The van der Waals surface area contributed by atoms with Crippen LogP contribution in [-0.2, 0) is 0 Å². The molecule has 2 N–H and O–H groups in total. The summed E-state index contributed by atoms with van der Waals surface area (Å²) in [6, 6.07) is 7.13. The van der Waals surface area contributed by atoms with Crippen molar-refractivity contribution in [2.24, 2.45) is 0 Å². The van der Waals surface area contributed by atoms with E-state index in [4.69, 9.17) is 0 Å². The summed E-state index contributed by atoms with van der Waals surface area (Å²) in [5, 5.41) is 5.54. The van der Waals surface area contributed by atoms with Gasteiger partial charge in [-0.15, -0.1) is 0 Å². The number of hydrogen-bond donors (Lipinski definition) is 2. The SMILES string of the molecule is Cc1cc(C)c(NC(=O)c2cnc(Nc3ccc(F)cc3F)cn2)c(C)c1. The largest absolute Gasteiger partial charge is 0.337 e. The molecule has 3 aromatic rings. The van der Waals surface area contributed by atoms with E-state index in [2.05, 4.69) is 20.6 Å². The Morgan fingerprint density at radius 3 is 2.26 bits per heavy atom. The second-order valence-electron chi connectivity index (χ2n) is 6.26. The third-order valence-corrected chi connectivity index (χ3v) is 3.99. The molecule has 7 heteroatoms. The summed E-state index contributed by atoms with van der Waals surface area (Å²) in [6.07, 6.45) is 2.60. The minimum Gasteiger partial charge on any atom is -0.337 e. The molecule has 0 unspecified atom stereocenters. The minimum atomic E-state index is -0.746. The standard InChI is InChI=1S/C20H18F2N4O/c1-11-6-12(2)19(13(3)7-11)26-20(27)17-9-24-18(10-23-17)25-16-5-4-14(21)8-15(16)22/h4-10H,1-3H3,(H,24,25)(H,26,27). The third kappa shape index (κ3) is 4.25. The Labute approximate surface area is 155 Å². The van der Waals surface area contributed by atoms with Gasteiger partial charge >= 0.3 is 0 Å². The molecule has 1 aromatic heterocycles. The van der Waals surface area contributed by atoms with Crippen molar-refractivity contribution in [1.82, 2.24) is 9.97 Å². The summed E-state index contributed by atoms with van der Waals surface area (Å²) in [5.74, 6) is -1.57. The molecule has 0 aliphatic carbocycles. The number of anilines is 3. The molecule has 5 nitrogen and oxygen atoms in total. The topological polar surface area (TPSA) is 66.9 Å². The highest BCUT2D eigenvalue weighted by Gasteiger charge is 2.13. The number of benzene rings is 2. The van der Waals surface area contributed by atoms with Crippen molar-refractivity contribution in [2.45, 2.75) is 20.8 Å². The molecule has 27 heavy (non-hydrogen) atoms. The van der Waals surface area contributed by atoms with E-state index in [0.717, 1.165) is 34.5 Å². The van der Waals surface area contributed by atoms with Gasteiger partial charge in [0.05, 0.1) is 18.1 Å². The molecule has 0 aliphatic heterocycles. The lowest BCUT2D eigenvalue weighted by atomic mass is 10.1. The second-order valence-corrected chi connectivity index (χ2v) is 6.26. The van der Waals surface area contributed by atoms with Gasteiger partial charge in [0.25, 0.3) is 5.91 Å². The first kappa shape index (κ1) is 18.4. The Bertz CT molecular complexity index is 980. The lowest BCUT2D eigenvalue weighted by molar-refractivity contribution is 0.102. The molecule has 0 radical (unpaired) electrons. The van der Waals surface area contributed by atoms with Crippen LogP contribution in [0, 0.1) is 32.4 Å². The van der Waals surface area contributed by atoms with Crippen molar-refractivity contribution in [2.75, 3.05) is 10.6 Å². The van der Waals surface area contributed by atoms with E-state index in [1.807, 2.05) is 32.9 Å². The molecule has 0 saturated carbocycles. The minimum absolute atomic E-state index is 0.0637. The number of aromatic nitrogens is 2. The molecular formula is C20H18F2N4O. The van der Waals surface area contributed by atoms with Crippen LogP contribution in [-0.4, -0.2) is 15.9 Å². The second kappa shape index (κ2) is 7.49. The quantitative estimate of drug-likeness (QED) is 0.702. The van der Waals surface area contributed by atoms with E-state index in [1.165, 1.54) is 18.5 Å². The normalized spacial score (nSPS) is 10.6. The monoisotopic (exact) mass is 368 g/mol. The van der Waals surface area contributed by atoms with Gasteiger partial charge in [-0.2, -0.15) is 0 Å². The maximum absolute atomic E-state index is 13.7. The number of carbonyl (C=O) groups is 1. The maximum atomic E-state index is 13.7. The van der Waals surface area contributed by atoms with Gasteiger partial charge in [-0.25, -0.2) is 18.7 Å². The highest BCUT2D eigenvalue weighted by Crippen LogP contribution is 2.23. The Morgan fingerprint density at radius 1 is 0.963 bits per heavy atom. The molecular weight excluding hydrogens is 350 g/mol. The number of nitrogens with one attached hydrogen (secondary N) is 2. The van der Waals surface area contributed by atoms with Gasteiger partial charge in [-0.3, -0.25) is 4.79 Å². The zero-order valence-corrected chi connectivity index (χ0v) is 15.1. The maximum Gasteiger partial charge on any atom is 0.275 e. The van der Waals surface area contributed by atoms with Crippen LogP contribution in [0.2, 0.25) is 0 Å². The van der Waals surface area contributed by atoms with Crippen molar-refractivity contribution >= 4 is 23.1 Å². The van der Waals surface area contributed by atoms with Gasteiger partial charge in [-0.1, -0.05) is 17.7 Å². The van der Waals surface area contributed by atoms with Crippen LogP contribution in [0.5, 0.6) is 0 Å². The molecule has 3 rings (SSSR count). The number of aryl methyl sites for hydroxylation is 3. The highest BCUT2D eigenvalue weighted by molar-refractivity contribution is 6.03. The number of amides is 1. The van der Waals surface area contributed by atoms with Crippen LogP contribution in [0.4, 0.5) is 26.0 Å². The lowest BCUT2D eigenvalue weighted by Gasteiger charge is -2.12. The predicted molar refractivity (Wildman–Crippen MR) is 100 cm³/mol. The van der Waals surface area contributed by atoms with Gasteiger partial charge in [0.15, 0.2) is 0 Å². The van der Waals surface area contributed by atoms with E-state index in [0.29, 0.717) is 0 Å². The van der Waals surface area contributed by atoms with Gasteiger partial charge in [0.1, 0.15) is 23.1 Å². The van der Waals surface area contributed by atoms with Crippen molar-refractivity contribution in [1.29, 1.82) is 0 Å². The Morgan fingerprint density at radius 2 is 1.67 bits per heavy atom. The Balaban J connectivity index is 1.74. The van der Waals surface area contributed by atoms with Crippen LogP contribution < -0.4 is 10.6 Å². The van der Waals surface area contributed by atoms with Crippen molar-refractivity contribution in [3.63, 3.8) is 0 Å². The zero-order chi connectivity index (χ0) is 19.6. The summed E-state index contributed by atoms with van der Waals surface area (Å²) in [7, 11) is 0. The third-order valence-electron chi connectivity index (χ3n) is 3.99. The molecule has 0 bridgehead atoms. The molecule has 1 amide bonds. The number of halogens is 2. The summed E-state index contributed by atoms with van der Waals surface area (Å²) >= 11 is 0. The lowest BCUT2D eigenvalue weighted by Crippen LogP contribution is -2.16. The fraction of sp³-hybridized carbons (Fsp3) is 0.150. The molecule has 0 aliphatic rings. The number of rotatable bonds is 4. The van der Waals surface area contributed by atoms with Crippen LogP contribution in [0.25, 0.3) is 0 Å². The molecule has 138 valence electrons. The van der Waals surface area contributed by atoms with Crippen LogP contribution in [0.3, 0.4) is 0 Å². The molecule has 1 heterocycles. The fourth-order valence-electron chi connectivity index (χ4n) is 2.79. The zero-order valence-electron chi connectivity index (χ0n) is 15.1. The molecule has 0 atom stereocenters. The van der Waals surface area contributed by atoms with Crippen molar-refractivity contribution < 1.29 is 13.6 Å². The van der Waals surface area contributed by atoms with Gasteiger partial charge in [0, 0.05) is 11.8 Å². The summed E-state index contributed by atoms with van der Waals surface area (Å²) in [4.78, 5) is 20.6. The highest BCUT2D eigenvalue weighted by atomic mass is 19.1. The van der Waals surface area contributed by atoms with E-state index < -0.39 is 17.5 Å². The van der Waals surface area contributed by atoms with Crippen molar-refractivity contribution in [3.05, 3.63) is 76.7 Å². The van der Waals surface area contributed by atoms with Crippen LogP contribution >= 0.6 is 0 Å². The summed E-state index contributed by atoms with van der Waals surface area (Å²) < 4.78 is 26.6. The Hall–Kier alpha value is -3.35. The first-order valence-electron chi connectivity index (χ1n) is 8.27. The fourth-order valence-corrected chi connectivity index (χ4v) is 2.79. The molecule has 0 spiro atoms. The molecule has 2 aromatic carbocycles. The van der Waals surface area contributed by atoms with Gasteiger partial charge in [0.2, 0.25) is 0 Å². The van der Waals surface area contributed by atoms with Gasteiger partial charge < -0.3 is 10.6 Å². The van der Waals surface area contributed by atoms with Crippen molar-refractivity contribution in [3.8, 4) is 0 Å². The number of nitrogens with zero attached hydrogens (tertiary/aromatic N) is 2. The van der Waals surface area contributed by atoms with Crippen LogP contribution in [0.1, 0.15) is 27.2 Å². The van der Waals surface area contributed by atoms with Crippen LogP contribution in [0.15, 0.2) is 42.7 Å². The first-order valence-corrected chi connectivity index (χ1v) is 8.27. The smallest absolute Gasteiger partial charge is 0.275 e.